The van der Waals surface area contributed by atoms with Crippen LogP contribution >= 0.6 is 15.9 Å². The number of carbonyl (C=O) groups excluding carboxylic acids is 1. The van der Waals surface area contributed by atoms with Crippen molar-refractivity contribution >= 4 is 21.8 Å². The molecule has 0 N–H and O–H groups in total. The molecule has 1 saturated carbocycles. The van der Waals surface area contributed by atoms with Crippen molar-refractivity contribution in [2.45, 2.75) is 56.9 Å². The minimum atomic E-state index is -0.524. The maximum absolute atomic E-state index is 12.0. The Morgan fingerprint density at radius 1 is 1.35 bits per heavy atom. The lowest BCUT2D eigenvalue weighted by Crippen LogP contribution is -2.49. The molecule has 1 rings (SSSR count). The molecular formula is C13H21BrN2O. The van der Waals surface area contributed by atoms with Crippen LogP contribution in [0, 0.1) is 11.3 Å². The molecule has 0 atom stereocenters. The van der Waals surface area contributed by atoms with Crippen LogP contribution in [0.1, 0.15) is 51.4 Å². The number of unbranched alkanes of at least 4 members (excludes halogenated alkanes) is 1. The highest BCUT2D eigenvalue weighted by molar-refractivity contribution is 9.09. The molecule has 0 spiro atoms. The molecule has 0 heterocycles. The van der Waals surface area contributed by atoms with Gasteiger partial charge < -0.3 is 4.90 Å². The number of amides is 1. The fourth-order valence-corrected chi connectivity index (χ4v) is 2.83. The van der Waals surface area contributed by atoms with Crippen LogP contribution in [0.15, 0.2) is 0 Å². The van der Waals surface area contributed by atoms with Crippen molar-refractivity contribution in [3.8, 4) is 6.07 Å². The first kappa shape index (κ1) is 14.5. The second-order valence-corrected chi connectivity index (χ2v) is 5.60. The number of alkyl halides is 1. The second-order valence-electron chi connectivity index (χ2n) is 4.80. The molecule has 1 fully saturated rings. The Labute approximate surface area is 112 Å². The molecule has 17 heavy (non-hydrogen) atoms. The Balaban J connectivity index is 2.56. The van der Waals surface area contributed by atoms with Gasteiger partial charge in [0.1, 0.15) is 5.54 Å². The number of rotatable bonds is 5. The van der Waals surface area contributed by atoms with E-state index in [1.807, 2.05) is 0 Å². The van der Waals surface area contributed by atoms with E-state index in [-0.39, 0.29) is 5.91 Å². The summed E-state index contributed by atoms with van der Waals surface area (Å²) >= 11 is 3.36. The first-order chi connectivity index (χ1) is 8.16. The van der Waals surface area contributed by atoms with Crippen LogP contribution in [0.5, 0.6) is 0 Å². The van der Waals surface area contributed by atoms with Gasteiger partial charge in [0.05, 0.1) is 6.07 Å². The van der Waals surface area contributed by atoms with Gasteiger partial charge in [0, 0.05) is 18.8 Å². The molecule has 0 radical (unpaired) electrons. The van der Waals surface area contributed by atoms with Crippen molar-refractivity contribution in [3.63, 3.8) is 0 Å². The van der Waals surface area contributed by atoms with E-state index in [0.717, 1.165) is 43.9 Å². The van der Waals surface area contributed by atoms with Gasteiger partial charge in [-0.3, -0.25) is 4.79 Å². The highest BCUT2D eigenvalue weighted by atomic mass is 79.9. The Morgan fingerprint density at radius 2 is 2.00 bits per heavy atom. The molecule has 96 valence electrons. The Hall–Kier alpha value is -0.560. The Kier molecular flexibility index (Phi) is 5.97. The van der Waals surface area contributed by atoms with Crippen LogP contribution < -0.4 is 0 Å². The summed E-state index contributed by atoms with van der Waals surface area (Å²) in [7, 11) is 1.80. The molecule has 1 amide bonds. The third-order valence-corrected chi connectivity index (χ3v) is 4.24. The molecule has 0 aromatic heterocycles. The van der Waals surface area contributed by atoms with Gasteiger partial charge in [-0.25, -0.2) is 0 Å². The third kappa shape index (κ3) is 3.70. The normalized spacial score (nSPS) is 18.4. The van der Waals surface area contributed by atoms with Gasteiger partial charge >= 0.3 is 0 Å². The quantitative estimate of drug-likeness (QED) is 0.578. The van der Waals surface area contributed by atoms with Gasteiger partial charge in [0.15, 0.2) is 0 Å². The van der Waals surface area contributed by atoms with E-state index in [1.54, 1.807) is 11.9 Å². The van der Waals surface area contributed by atoms with Crippen LogP contribution in [0.2, 0.25) is 0 Å². The summed E-state index contributed by atoms with van der Waals surface area (Å²) in [4.78, 5) is 13.7. The molecule has 0 aliphatic heterocycles. The van der Waals surface area contributed by atoms with E-state index < -0.39 is 5.54 Å². The lowest BCUT2D eigenvalue weighted by Gasteiger charge is -2.39. The molecule has 1 aliphatic carbocycles. The monoisotopic (exact) mass is 300 g/mol. The number of nitrogens with zero attached hydrogens (tertiary/aromatic N) is 2. The topological polar surface area (TPSA) is 44.1 Å². The average Bonchev–Trinajstić information content (AvgIpc) is 2.38. The predicted octanol–water partition coefficient (Wildman–Crippen LogP) is 3.24. The lowest BCUT2D eigenvalue weighted by atomic mass is 9.81. The van der Waals surface area contributed by atoms with Crippen LogP contribution in [0.4, 0.5) is 0 Å². The molecule has 0 saturated heterocycles. The maximum atomic E-state index is 12.0. The SMILES string of the molecule is CN(C(=O)CCCCBr)C1(C#N)CCCCC1. The predicted molar refractivity (Wildman–Crippen MR) is 71.8 cm³/mol. The van der Waals surface area contributed by atoms with E-state index in [2.05, 4.69) is 22.0 Å². The van der Waals surface area contributed by atoms with E-state index >= 15 is 0 Å². The van der Waals surface area contributed by atoms with Gasteiger partial charge in [0.2, 0.25) is 5.91 Å². The molecule has 0 bridgehead atoms. The van der Waals surface area contributed by atoms with Gasteiger partial charge in [-0.05, 0) is 25.7 Å². The van der Waals surface area contributed by atoms with Crippen LogP contribution in [0.25, 0.3) is 0 Å². The molecule has 0 unspecified atom stereocenters. The highest BCUT2D eigenvalue weighted by Crippen LogP contribution is 2.32. The first-order valence-electron chi connectivity index (χ1n) is 6.40. The van der Waals surface area contributed by atoms with Gasteiger partial charge in [-0.1, -0.05) is 35.2 Å². The number of hydrogen-bond acceptors (Lipinski definition) is 2. The summed E-state index contributed by atoms with van der Waals surface area (Å²) < 4.78 is 0. The van der Waals surface area contributed by atoms with Crippen LogP contribution in [-0.4, -0.2) is 28.7 Å². The summed E-state index contributed by atoms with van der Waals surface area (Å²) in [6.07, 6.45) is 7.46. The maximum Gasteiger partial charge on any atom is 0.223 e. The fraction of sp³-hybridized carbons (Fsp3) is 0.846. The number of hydrogen-bond donors (Lipinski definition) is 0. The molecule has 3 nitrogen and oxygen atoms in total. The van der Waals surface area contributed by atoms with Crippen molar-refractivity contribution in [3.05, 3.63) is 0 Å². The van der Waals surface area contributed by atoms with E-state index in [1.165, 1.54) is 6.42 Å². The number of carbonyl (C=O) groups is 1. The number of halogens is 1. The standard InChI is InChI=1S/C13H21BrN2O/c1-16(12(17)7-3-6-10-14)13(11-15)8-4-2-5-9-13/h2-10H2,1H3. The summed E-state index contributed by atoms with van der Waals surface area (Å²) in [6, 6.07) is 2.38. The zero-order valence-corrected chi connectivity index (χ0v) is 12.1. The van der Waals surface area contributed by atoms with Crippen molar-refractivity contribution in [2.75, 3.05) is 12.4 Å². The lowest BCUT2D eigenvalue weighted by molar-refractivity contribution is -0.134. The molecule has 1 aliphatic rings. The highest BCUT2D eigenvalue weighted by Gasteiger charge is 2.38. The minimum Gasteiger partial charge on any atom is -0.327 e. The zero-order chi connectivity index (χ0) is 12.7. The van der Waals surface area contributed by atoms with Crippen molar-refractivity contribution in [1.82, 2.24) is 4.90 Å². The van der Waals surface area contributed by atoms with Crippen molar-refractivity contribution in [1.29, 1.82) is 5.26 Å². The zero-order valence-electron chi connectivity index (χ0n) is 10.5. The molecule has 4 heteroatoms. The molecule has 0 aromatic rings. The van der Waals surface area contributed by atoms with Crippen molar-refractivity contribution < 1.29 is 4.79 Å². The summed E-state index contributed by atoms with van der Waals surface area (Å²) in [5.74, 6) is 0.120. The second kappa shape index (κ2) is 7.00. The van der Waals surface area contributed by atoms with E-state index in [4.69, 9.17) is 0 Å². The largest absolute Gasteiger partial charge is 0.327 e. The van der Waals surface area contributed by atoms with E-state index in [9.17, 15) is 10.1 Å². The Morgan fingerprint density at radius 3 is 2.53 bits per heavy atom. The fourth-order valence-electron chi connectivity index (χ4n) is 2.44. The smallest absolute Gasteiger partial charge is 0.223 e. The Bertz CT molecular complexity index is 292. The minimum absolute atomic E-state index is 0.120. The number of nitriles is 1. The summed E-state index contributed by atoms with van der Waals surface area (Å²) in [5.41, 5.74) is -0.524. The summed E-state index contributed by atoms with van der Waals surface area (Å²) in [6.45, 7) is 0. The third-order valence-electron chi connectivity index (χ3n) is 3.68. The molecular weight excluding hydrogens is 280 g/mol. The van der Waals surface area contributed by atoms with Crippen LogP contribution in [-0.2, 0) is 4.79 Å². The van der Waals surface area contributed by atoms with Gasteiger partial charge in [0.25, 0.3) is 0 Å². The van der Waals surface area contributed by atoms with Gasteiger partial charge in [-0.15, -0.1) is 0 Å². The average molecular weight is 301 g/mol. The summed E-state index contributed by atoms with van der Waals surface area (Å²) in [5, 5.41) is 10.3. The van der Waals surface area contributed by atoms with E-state index in [0.29, 0.717) is 6.42 Å². The van der Waals surface area contributed by atoms with Gasteiger partial charge in [-0.2, -0.15) is 5.26 Å². The van der Waals surface area contributed by atoms with Crippen LogP contribution in [0.3, 0.4) is 0 Å². The first-order valence-corrected chi connectivity index (χ1v) is 7.52. The van der Waals surface area contributed by atoms with Crippen molar-refractivity contribution in [2.24, 2.45) is 0 Å². The molecule has 0 aromatic carbocycles.